The minimum absolute atomic E-state index is 0.743. The van der Waals surface area contributed by atoms with Crippen LogP contribution in [0.1, 0.15) is 33.1 Å². The molecule has 2 fully saturated rings. The van der Waals surface area contributed by atoms with Crippen molar-refractivity contribution in [2.45, 2.75) is 33.1 Å². The molecule has 0 aliphatic carbocycles. The number of aliphatic imine (C=N–C) groups is 1. The van der Waals surface area contributed by atoms with Gasteiger partial charge in [-0.25, -0.2) is 0 Å². The van der Waals surface area contributed by atoms with Gasteiger partial charge in [-0.05, 0) is 51.7 Å². The number of ether oxygens (including phenoxy) is 1. The molecular weight excluding hydrogens is 302 g/mol. The van der Waals surface area contributed by atoms with Crippen LogP contribution < -0.4 is 10.6 Å². The van der Waals surface area contributed by atoms with E-state index in [1.165, 1.54) is 38.9 Å². The van der Waals surface area contributed by atoms with Crippen LogP contribution in [0.15, 0.2) is 4.99 Å². The summed E-state index contributed by atoms with van der Waals surface area (Å²) in [6.07, 6.45) is 3.84. The Balaban J connectivity index is 1.66. The van der Waals surface area contributed by atoms with Crippen molar-refractivity contribution < 1.29 is 4.74 Å². The van der Waals surface area contributed by atoms with Crippen molar-refractivity contribution in [1.29, 1.82) is 0 Å². The molecule has 0 atom stereocenters. The van der Waals surface area contributed by atoms with Crippen molar-refractivity contribution in [1.82, 2.24) is 20.4 Å². The van der Waals surface area contributed by atoms with Gasteiger partial charge in [0.05, 0.1) is 13.2 Å². The van der Waals surface area contributed by atoms with E-state index >= 15 is 0 Å². The van der Waals surface area contributed by atoms with Crippen LogP contribution in [0, 0.1) is 5.92 Å². The van der Waals surface area contributed by atoms with Crippen molar-refractivity contribution in [2.24, 2.45) is 10.9 Å². The van der Waals surface area contributed by atoms with Gasteiger partial charge in [-0.1, -0.05) is 6.92 Å². The van der Waals surface area contributed by atoms with E-state index in [0.717, 1.165) is 64.4 Å². The molecule has 2 N–H and O–H groups in total. The summed E-state index contributed by atoms with van der Waals surface area (Å²) in [5.74, 6) is 1.72. The predicted octanol–water partition coefficient (Wildman–Crippen LogP) is 0.996. The first kappa shape index (κ1) is 19.5. The third-order valence-electron chi connectivity index (χ3n) is 4.92. The summed E-state index contributed by atoms with van der Waals surface area (Å²) < 4.78 is 5.39. The van der Waals surface area contributed by atoms with E-state index < -0.39 is 0 Å². The maximum atomic E-state index is 5.39. The molecule has 0 amide bonds. The zero-order valence-corrected chi connectivity index (χ0v) is 15.7. The van der Waals surface area contributed by atoms with Crippen molar-refractivity contribution in [2.75, 3.05) is 72.1 Å². The monoisotopic (exact) mass is 339 g/mol. The summed E-state index contributed by atoms with van der Waals surface area (Å²) >= 11 is 0. The molecule has 2 rings (SSSR count). The van der Waals surface area contributed by atoms with E-state index in [-0.39, 0.29) is 0 Å². The molecule has 2 saturated heterocycles. The first-order chi connectivity index (χ1) is 11.8. The number of hydrogen-bond donors (Lipinski definition) is 2. The number of nitrogens with one attached hydrogen (secondary N) is 2. The third-order valence-corrected chi connectivity index (χ3v) is 4.92. The summed E-state index contributed by atoms with van der Waals surface area (Å²) in [5, 5.41) is 6.86. The van der Waals surface area contributed by atoms with Gasteiger partial charge in [-0.2, -0.15) is 0 Å². The SMILES string of the molecule is CCCN1CCC(CN=C(NCC)NCCN2CCOCC2)CC1. The minimum atomic E-state index is 0.743. The first-order valence-corrected chi connectivity index (χ1v) is 9.86. The lowest BCUT2D eigenvalue weighted by Crippen LogP contribution is -2.44. The molecule has 0 saturated carbocycles. The maximum Gasteiger partial charge on any atom is 0.191 e. The third kappa shape index (κ3) is 7.36. The van der Waals surface area contributed by atoms with E-state index in [2.05, 4.69) is 34.3 Å². The van der Waals surface area contributed by atoms with E-state index in [0.29, 0.717) is 0 Å². The van der Waals surface area contributed by atoms with Crippen LogP contribution in [0.3, 0.4) is 0 Å². The Morgan fingerprint density at radius 3 is 2.38 bits per heavy atom. The molecule has 24 heavy (non-hydrogen) atoms. The second-order valence-electron chi connectivity index (χ2n) is 6.89. The summed E-state index contributed by atoms with van der Waals surface area (Å²) in [6, 6.07) is 0. The Morgan fingerprint density at radius 2 is 1.71 bits per heavy atom. The number of rotatable bonds is 8. The molecule has 0 bridgehead atoms. The predicted molar refractivity (Wildman–Crippen MR) is 101 cm³/mol. The van der Waals surface area contributed by atoms with Gasteiger partial charge in [0.15, 0.2) is 5.96 Å². The Labute approximate surface area is 148 Å². The fourth-order valence-electron chi connectivity index (χ4n) is 3.43. The molecule has 0 aromatic carbocycles. The van der Waals surface area contributed by atoms with Gasteiger partial charge in [-0.3, -0.25) is 9.89 Å². The molecule has 0 radical (unpaired) electrons. The van der Waals surface area contributed by atoms with Crippen LogP contribution in [-0.4, -0.2) is 87.9 Å². The van der Waals surface area contributed by atoms with Gasteiger partial charge >= 0.3 is 0 Å². The van der Waals surface area contributed by atoms with Gasteiger partial charge in [0, 0.05) is 39.3 Å². The van der Waals surface area contributed by atoms with Crippen molar-refractivity contribution in [3.63, 3.8) is 0 Å². The number of hydrogen-bond acceptors (Lipinski definition) is 4. The fraction of sp³-hybridized carbons (Fsp3) is 0.944. The largest absolute Gasteiger partial charge is 0.379 e. The summed E-state index contributed by atoms with van der Waals surface area (Å²) in [6.45, 7) is 15.8. The van der Waals surface area contributed by atoms with E-state index in [9.17, 15) is 0 Å². The normalized spacial score (nSPS) is 21.8. The van der Waals surface area contributed by atoms with Crippen LogP contribution in [-0.2, 0) is 4.74 Å². The Bertz CT molecular complexity index is 349. The molecular formula is C18H37N5O. The van der Waals surface area contributed by atoms with Gasteiger partial charge in [-0.15, -0.1) is 0 Å². The van der Waals surface area contributed by atoms with E-state index in [4.69, 9.17) is 9.73 Å². The highest BCUT2D eigenvalue weighted by molar-refractivity contribution is 5.79. The first-order valence-electron chi connectivity index (χ1n) is 9.86. The maximum absolute atomic E-state index is 5.39. The standard InChI is InChI=1S/C18H37N5O/c1-3-8-22-9-5-17(6-10-22)16-21-18(19-4-2)20-7-11-23-12-14-24-15-13-23/h17H,3-16H2,1-2H3,(H2,19,20,21). The molecule has 2 heterocycles. The fourth-order valence-corrected chi connectivity index (χ4v) is 3.43. The van der Waals surface area contributed by atoms with Crippen LogP contribution in [0.4, 0.5) is 0 Å². The summed E-state index contributed by atoms with van der Waals surface area (Å²) in [4.78, 5) is 9.86. The molecule has 2 aliphatic heterocycles. The molecule has 140 valence electrons. The number of guanidine groups is 1. The lowest BCUT2D eigenvalue weighted by Gasteiger charge is -2.31. The lowest BCUT2D eigenvalue weighted by molar-refractivity contribution is 0.0389. The molecule has 0 unspecified atom stereocenters. The van der Waals surface area contributed by atoms with Crippen molar-refractivity contribution in [3.8, 4) is 0 Å². The Morgan fingerprint density at radius 1 is 1.00 bits per heavy atom. The highest BCUT2D eigenvalue weighted by atomic mass is 16.5. The minimum Gasteiger partial charge on any atom is -0.379 e. The zero-order valence-electron chi connectivity index (χ0n) is 15.7. The number of piperidine rings is 1. The van der Waals surface area contributed by atoms with Crippen LogP contribution >= 0.6 is 0 Å². The van der Waals surface area contributed by atoms with E-state index in [1.807, 2.05) is 0 Å². The van der Waals surface area contributed by atoms with Gasteiger partial charge in [0.2, 0.25) is 0 Å². The van der Waals surface area contributed by atoms with Gasteiger partial charge in [0.1, 0.15) is 0 Å². The average molecular weight is 340 g/mol. The number of nitrogens with zero attached hydrogens (tertiary/aromatic N) is 3. The van der Waals surface area contributed by atoms with Crippen LogP contribution in [0.25, 0.3) is 0 Å². The Hall–Kier alpha value is -0.850. The van der Waals surface area contributed by atoms with Crippen LogP contribution in [0.2, 0.25) is 0 Å². The second kappa shape index (κ2) is 11.7. The molecule has 0 spiro atoms. The number of morpholine rings is 1. The molecule has 2 aliphatic rings. The Kier molecular flexibility index (Phi) is 9.46. The molecule has 6 heteroatoms. The van der Waals surface area contributed by atoms with E-state index in [1.54, 1.807) is 0 Å². The number of likely N-dealkylation sites (tertiary alicyclic amines) is 1. The zero-order chi connectivity index (χ0) is 17.0. The average Bonchev–Trinajstić information content (AvgIpc) is 2.62. The topological polar surface area (TPSA) is 52.1 Å². The second-order valence-corrected chi connectivity index (χ2v) is 6.89. The quantitative estimate of drug-likeness (QED) is 0.510. The van der Waals surface area contributed by atoms with Crippen molar-refractivity contribution >= 4 is 5.96 Å². The van der Waals surface area contributed by atoms with Crippen LogP contribution in [0.5, 0.6) is 0 Å². The molecule has 6 nitrogen and oxygen atoms in total. The highest BCUT2D eigenvalue weighted by Crippen LogP contribution is 2.17. The molecule has 0 aromatic rings. The van der Waals surface area contributed by atoms with Gasteiger partial charge in [0.25, 0.3) is 0 Å². The lowest BCUT2D eigenvalue weighted by atomic mass is 9.97. The summed E-state index contributed by atoms with van der Waals surface area (Å²) in [5.41, 5.74) is 0. The van der Waals surface area contributed by atoms with Gasteiger partial charge < -0.3 is 20.3 Å². The molecule has 0 aromatic heterocycles. The highest BCUT2D eigenvalue weighted by Gasteiger charge is 2.18. The van der Waals surface area contributed by atoms with Crippen molar-refractivity contribution in [3.05, 3.63) is 0 Å². The smallest absolute Gasteiger partial charge is 0.191 e. The summed E-state index contributed by atoms with van der Waals surface area (Å²) in [7, 11) is 0.